The number of carbonyl (C=O) groups excluding carboxylic acids is 1. The number of aryl methyl sites for hydroxylation is 1. The minimum Gasteiger partial charge on any atom is -0.397 e. The minimum atomic E-state index is -0.368. The highest BCUT2D eigenvalue weighted by molar-refractivity contribution is 5.81. The van der Waals surface area contributed by atoms with Crippen LogP contribution >= 0.6 is 0 Å². The first-order chi connectivity index (χ1) is 6.50. The van der Waals surface area contributed by atoms with Gasteiger partial charge in [-0.2, -0.15) is 0 Å². The molecule has 1 aromatic rings. The van der Waals surface area contributed by atoms with Crippen LogP contribution in [0.15, 0.2) is 18.2 Å². The van der Waals surface area contributed by atoms with Gasteiger partial charge in [-0.1, -0.05) is 6.07 Å². The quantitative estimate of drug-likeness (QED) is 0.686. The summed E-state index contributed by atoms with van der Waals surface area (Å²) in [5, 5.41) is 0. The number of hydrogen-bond acceptors (Lipinski definition) is 3. The number of nitrogens with two attached hydrogens (primary N) is 2. The predicted molar refractivity (Wildman–Crippen MR) is 58.1 cm³/mol. The van der Waals surface area contributed by atoms with Gasteiger partial charge in [0.15, 0.2) is 0 Å². The fourth-order valence-electron chi connectivity index (χ4n) is 1.34. The number of anilines is 2. The molecule has 0 aliphatic carbocycles. The predicted octanol–water partition coefficient (Wildman–Crippen LogP) is 0.499. The summed E-state index contributed by atoms with van der Waals surface area (Å²) in [6.07, 6.45) is 0. The lowest BCUT2D eigenvalue weighted by molar-refractivity contribution is -0.116. The van der Waals surface area contributed by atoms with Gasteiger partial charge in [-0.25, -0.2) is 0 Å². The van der Waals surface area contributed by atoms with Crippen molar-refractivity contribution in [2.45, 2.75) is 6.92 Å². The second-order valence-electron chi connectivity index (χ2n) is 3.38. The molecule has 4 N–H and O–H groups in total. The molecule has 0 aromatic heterocycles. The second-order valence-corrected chi connectivity index (χ2v) is 3.38. The molecule has 0 bridgehead atoms. The largest absolute Gasteiger partial charge is 0.397 e. The van der Waals surface area contributed by atoms with Crippen LogP contribution in [-0.4, -0.2) is 19.5 Å². The maximum atomic E-state index is 10.7. The first-order valence-electron chi connectivity index (χ1n) is 4.36. The number of rotatable bonds is 3. The maximum Gasteiger partial charge on any atom is 0.236 e. The van der Waals surface area contributed by atoms with E-state index >= 15 is 0 Å². The maximum absolute atomic E-state index is 10.7. The van der Waals surface area contributed by atoms with E-state index in [1.807, 2.05) is 25.1 Å². The lowest BCUT2D eigenvalue weighted by Crippen LogP contribution is -2.30. The van der Waals surface area contributed by atoms with Gasteiger partial charge in [-0.15, -0.1) is 0 Å². The first-order valence-corrected chi connectivity index (χ1v) is 4.36. The molecule has 0 atom stereocenters. The molecular formula is C10H15N3O. The van der Waals surface area contributed by atoms with Crippen molar-refractivity contribution in [3.63, 3.8) is 0 Å². The van der Waals surface area contributed by atoms with Gasteiger partial charge in [-0.3, -0.25) is 4.79 Å². The van der Waals surface area contributed by atoms with E-state index in [0.717, 1.165) is 11.3 Å². The van der Waals surface area contributed by atoms with Gasteiger partial charge in [0, 0.05) is 7.05 Å². The molecule has 0 heterocycles. The van der Waals surface area contributed by atoms with Crippen LogP contribution in [0.4, 0.5) is 11.4 Å². The van der Waals surface area contributed by atoms with Crippen LogP contribution < -0.4 is 16.4 Å². The second kappa shape index (κ2) is 4.00. The molecule has 14 heavy (non-hydrogen) atoms. The molecule has 0 unspecified atom stereocenters. The summed E-state index contributed by atoms with van der Waals surface area (Å²) < 4.78 is 0. The molecule has 4 heteroatoms. The molecule has 1 amide bonds. The molecule has 4 nitrogen and oxygen atoms in total. The third kappa shape index (κ3) is 2.39. The third-order valence-corrected chi connectivity index (χ3v) is 1.99. The van der Waals surface area contributed by atoms with E-state index in [4.69, 9.17) is 11.5 Å². The fraction of sp³-hybridized carbons (Fsp3) is 0.300. The smallest absolute Gasteiger partial charge is 0.236 e. The number of amides is 1. The number of primary amides is 1. The van der Waals surface area contributed by atoms with E-state index < -0.39 is 0 Å². The Hall–Kier alpha value is -1.71. The van der Waals surface area contributed by atoms with Crippen molar-refractivity contribution in [1.82, 2.24) is 0 Å². The van der Waals surface area contributed by atoms with Crippen molar-refractivity contribution < 1.29 is 4.79 Å². The number of carbonyl (C=O) groups is 1. The van der Waals surface area contributed by atoms with Crippen LogP contribution in [0, 0.1) is 6.92 Å². The van der Waals surface area contributed by atoms with Crippen LogP contribution in [0.3, 0.4) is 0 Å². The van der Waals surface area contributed by atoms with Crippen molar-refractivity contribution in [1.29, 1.82) is 0 Å². The van der Waals surface area contributed by atoms with Crippen LogP contribution in [0.5, 0.6) is 0 Å². The molecule has 1 rings (SSSR count). The molecule has 0 aliphatic rings. The van der Waals surface area contributed by atoms with Crippen LogP contribution in [0.1, 0.15) is 5.56 Å². The third-order valence-electron chi connectivity index (χ3n) is 1.99. The molecule has 76 valence electrons. The molecular weight excluding hydrogens is 178 g/mol. The van der Waals surface area contributed by atoms with Crippen molar-refractivity contribution in [3.05, 3.63) is 23.8 Å². The molecule has 0 radical (unpaired) electrons. The zero-order valence-corrected chi connectivity index (χ0v) is 8.45. The Bertz CT molecular complexity index is 349. The fourth-order valence-corrected chi connectivity index (χ4v) is 1.34. The summed E-state index contributed by atoms with van der Waals surface area (Å²) in [6.45, 7) is 2.14. The number of benzene rings is 1. The SMILES string of the molecule is Cc1ccc(N(C)CC(N)=O)c(N)c1. The first kappa shape index (κ1) is 10.4. The Labute approximate surface area is 83.5 Å². The topological polar surface area (TPSA) is 72.3 Å². The standard InChI is InChI=1S/C10H15N3O/c1-7-3-4-9(8(11)5-7)13(2)6-10(12)14/h3-5H,6,11H2,1-2H3,(H2,12,14). The highest BCUT2D eigenvalue weighted by atomic mass is 16.1. The number of likely N-dealkylation sites (N-methyl/N-ethyl adjacent to an activating group) is 1. The van der Waals surface area contributed by atoms with E-state index in [1.165, 1.54) is 0 Å². The van der Waals surface area contributed by atoms with Gasteiger partial charge in [0.2, 0.25) is 5.91 Å². The van der Waals surface area contributed by atoms with Crippen molar-refractivity contribution in [2.75, 3.05) is 24.2 Å². The van der Waals surface area contributed by atoms with Crippen molar-refractivity contribution >= 4 is 17.3 Å². The number of nitrogen functional groups attached to an aromatic ring is 1. The lowest BCUT2D eigenvalue weighted by Gasteiger charge is -2.19. The van der Waals surface area contributed by atoms with Crippen LogP contribution in [0.25, 0.3) is 0 Å². The summed E-state index contributed by atoms with van der Waals surface area (Å²) in [4.78, 5) is 12.4. The highest BCUT2D eigenvalue weighted by Gasteiger charge is 2.07. The normalized spacial score (nSPS) is 9.86. The highest BCUT2D eigenvalue weighted by Crippen LogP contribution is 2.22. The Balaban J connectivity index is 2.90. The van der Waals surface area contributed by atoms with E-state index in [-0.39, 0.29) is 12.5 Å². The molecule has 0 aliphatic heterocycles. The molecule has 0 saturated heterocycles. The summed E-state index contributed by atoms with van der Waals surface area (Å²) >= 11 is 0. The van der Waals surface area contributed by atoms with Gasteiger partial charge in [0.05, 0.1) is 17.9 Å². The van der Waals surface area contributed by atoms with Gasteiger partial charge in [0.25, 0.3) is 0 Å². The summed E-state index contributed by atoms with van der Waals surface area (Å²) in [5.41, 5.74) is 13.5. The van der Waals surface area contributed by atoms with E-state index in [9.17, 15) is 4.79 Å². The summed E-state index contributed by atoms with van der Waals surface area (Å²) in [6, 6.07) is 5.70. The van der Waals surface area contributed by atoms with Gasteiger partial charge < -0.3 is 16.4 Å². The number of hydrogen-bond donors (Lipinski definition) is 2. The zero-order chi connectivity index (χ0) is 10.7. The average Bonchev–Trinajstić information content (AvgIpc) is 2.01. The number of nitrogens with zero attached hydrogens (tertiary/aromatic N) is 1. The van der Waals surface area contributed by atoms with Crippen molar-refractivity contribution in [2.24, 2.45) is 5.73 Å². The Morgan fingerprint density at radius 2 is 2.14 bits per heavy atom. The summed E-state index contributed by atoms with van der Waals surface area (Å²) in [5.74, 6) is -0.368. The Morgan fingerprint density at radius 3 is 2.64 bits per heavy atom. The molecule has 0 fully saturated rings. The van der Waals surface area contributed by atoms with E-state index in [1.54, 1.807) is 11.9 Å². The molecule has 0 saturated carbocycles. The van der Waals surface area contributed by atoms with Crippen molar-refractivity contribution in [3.8, 4) is 0 Å². The van der Waals surface area contributed by atoms with Gasteiger partial charge in [-0.05, 0) is 24.6 Å². The molecule has 1 aromatic carbocycles. The van der Waals surface area contributed by atoms with Crippen LogP contribution in [0.2, 0.25) is 0 Å². The van der Waals surface area contributed by atoms with Gasteiger partial charge >= 0.3 is 0 Å². The lowest BCUT2D eigenvalue weighted by atomic mass is 10.2. The Kier molecular flexibility index (Phi) is 2.96. The average molecular weight is 193 g/mol. The van der Waals surface area contributed by atoms with Gasteiger partial charge in [0.1, 0.15) is 0 Å². The Morgan fingerprint density at radius 1 is 1.50 bits per heavy atom. The zero-order valence-electron chi connectivity index (χ0n) is 8.45. The monoisotopic (exact) mass is 193 g/mol. The minimum absolute atomic E-state index is 0.174. The van der Waals surface area contributed by atoms with E-state index in [0.29, 0.717) is 5.69 Å². The molecule has 0 spiro atoms. The van der Waals surface area contributed by atoms with E-state index in [2.05, 4.69) is 0 Å². The summed E-state index contributed by atoms with van der Waals surface area (Å²) in [7, 11) is 1.78. The van der Waals surface area contributed by atoms with Crippen LogP contribution in [-0.2, 0) is 4.79 Å².